The van der Waals surface area contributed by atoms with Crippen molar-refractivity contribution in [3.05, 3.63) is 41.7 Å². The number of nitriles is 1. The second-order valence-corrected chi connectivity index (χ2v) is 4.49. The van der Waals surface area contributed by atoms with Crippen LogP contribution in [-0.2, 0) is 12.8 Å². The van der Waals surface area contributed by atoms with Crippen LogP contribution in [0.5, 0.6) is 0 Å². The van der Waals surface area contributed by atoms with Gasteiger partial charge in [-0.15, -0.1) is 0 Å². The van der Waals surface area contributed by atoms with E-state index >= 15 is 0 Å². The van der Waals surface area contributed by atoms with Crippen LogP contribution in [-0.4, -0.2) is 9.97 Å². The number of rotatable bonds is 5. The molecule has 0 saturated carbocycles. The Bertz CT molecular complexity index is 613. The van der Waals surface area contributed by atoms with Crippen LogP contribution in [0.2, 0.25) is 0 Å². The van der Waals surface area contributed by atoms with E-state index in [2.05, 4.69) is 28.3 Å². The van der Waals surface area contributed by atoms with Gasteiger partial charge in [-0.1, -0.05) is 25.5 Å². The molecular formula is C15H17N5. The van der Waals surface area contributed by atoms with E-state index < -0.39 is 0 Å². The van der Waals surface area contributed by atoms with Crippen molar-refractivity contribution in [3.8, 4) is 6.07 Å². The molecule has 2 rings (SSSR count). The summed E-state index contributed by atoms with van der Waals surface area (Å²) in [6, 6.07) is 9.84. The van der Waals surface area contributed by atoms with E-state index in [0.717, 1.165) is 35.5 Å². The lowest BCUT2D eigenvalue weighted by molar-refractivity contribution is 0.908. The Labute approximate surface area is 118 Å². The normalized spacial score (nSPS) is 10.0. The molecule has 0 atom stereocenters. The highest BCUT2D eigenvalue weighted by Gasteiger charge is 2.08. The summed E-state index contributed by atoms with van der Waals surface area (Å²) in [6.07, 6.45) is 3.69. The van der Waals surface area contributed by atoms with Crippen molar-refractivity contribution in [3.63, 3.8) is 0 Å². The number of nitrogen functional groups attached to an aromatic ring is 1. The molecule has 0 spiro atoms. The monoisotopic (exact) mass is 267 g/mol. The van der Waals surface area contributed by atoms with E-state index in [9.17, 15) is 0 Å². The Morgan fingerprint density at radius 3 is 2.65 bits per heavy atom. The van der Waals surface area contributed by atoms with E-state index in [1.165, 1.54) is 6.33 Å². The fraction of sp³-hybridized carbons (Fsp3) is 0.267. The zero-order chi connectivity index (χ0) is 14.4. The molecule has 2 aromatic rings. The van der Waals surface area contributed by atoms with Crippen LogP contribution in [0.4, 0.5) is 17.3 Å². The van der Waals surface area contributed by atoms with Gasteiger partial charge >= 0.3 is 0 Å². The molecule has 0 bridgehead atoms. The summed E-state index contributed by atoms with van der Waals surface area (Å²) in [5.74, 6) is 1.26. The highest BCUT2D eigenvalue weighted by Crippen LogP contribution is 2.23. The van der Waals surface area contributed by atoms with Gasteiger partial charge in [-0.05, 0) is 24.1 Å². The van der Waals surface area contributed by atoms with Crippen molar-refractivity contribution in [1.82, 2.24) is 9.97 Å². The van der Waals surface area contributed by atoms with E-state index in [1.54, 1.807) is 0 Å². The zero-order valence-electron chi connectivity index (χ0n) is 11.4. The van der Waals surface area contributed by atoms with Gasteiger partial charge in [-0.3, -0.25) is 0 Å². The highest BCUT2D eigenvalue weighted by molar-refractivity contribution is 5.63. The van der Waals surface area contributed by atoms with E-state index in [-0.39, 0.29) is 0 Å². The SMILES string of the molecule is CCCc1c(N)ncnc1Nc1ccc(CC#N)cc1. The van der Waals surface area contributed by atoms with Gasteiger partial charge in [0.25, 0.3) is 0 Å². The second kappa shape index (κ2) is 6.53. The number of nitrogens with one attached hydrogen (secondary N) is 1. The van der Waals surface area contributed by atoms with Gasteiger partial charge in [0.2, 0.25) is 0 Å². The van der Waals surface area contributed by atoms with Crippen molar-refractivity contribution >= 4 is 17.3 Å². The lowest BCUT2D eigenvalue weighted by Gasteiger charge is -2.12. The number of hydrogen-bond acceptors (Lipinski definition) is 5. The molecule has 1 heterocycles. The maximum absolute atomic E-state index is 8.65. The number of hydrogen-bond donors (Lipinski definition) is 2. The first kappa shape index (κ1) is 13.8. The van der Waals surface area contributed by atoms with Gasteiger partial charge in [0.15, 0.2) is 0 Å². The van der Waals surface area contributed by atoms with Crippen molar-refractivity contribution in [2.24, 2.45) is 0 Å². The Morgan fingerprint density at radius 2 is 2.00 bits per heavy atom. The summed E-state index contributed by atoms with van der Waals surface area (Å²) in [5, 5.41) is 11.9. The van der Waals surface area contributed by atoms with Gasteiger partial charge in [0.05, 0.1) is 12.5 Å². The lowest BCUT2D eigenvalue weighted by atomic mass is 10.1. The van der Waals surface area contributed by atoms with Crippen LogP contribution in [0.1, 0.15) is 24.5 Å². The quantitative estimate of drug-likeness (QED) is 0.869. The molecular weight excluding hydrogens is 250 g/mol. The van der Waals surface area contributed by atoms with Crippen LogP contribution in [0.15, 0.2) is 30.6 Å². The summed E-state index contributed by atoms with van der Waals surface area (Å²) in [4.78, 5) is 8.29. The van der Waals surface area contributed by atoms with E-state index in [0.29, 0.717) is 12.2 Å². The molecule has 20 heavy (non-hydrogen) atoms. The number of nitrogens with two attached hydrogens (primary N) is 1. The van der Waals surface area contributed by atoms with Crippen LogP contribution < -0.4 is 11.1 Å². The van der Waals surface area contributed by atoms with Gasteiger partial charge < -0.3 is 11.1 Å². The Kier molecular flexibility index (Phi) is 4.51. The first-order valence-corrected chi connectivity index (χ1v) is 6.57. The number of aromatic nitrogens is 2. The third-order valence-corrected chi connectivity index (χ3v) is 2.98. The van der Waals surface area contributed by atoms with E-state index in [1.807, 2.05) is 24.3 Å². The molecule has 1 aromatic carbocycles. The third kappa shape index (κ3) is 3.23. The molecule has 0 aliphatic carbocycles. The van der Waals surface area contributed by atoms with Gasteiger partial charge in [0, 0.05) is 11.3 Å². The van der Waals surface area contributed by atoms with Crippen molar-refractivity contribution in [2.45, 2.75) is 26.2 Å². The average molecular weight is 267 g/mol. The predicted molar refractivity (Wildman–Crippen MR) is 79.5 cm³/mol. The number of nitrogens with zero attached hydrogens (tertiary/aromatic N) is 3. The average Bonchev–Trinajstić information content (AvgIpc) is 2.45. The zero-order valence-corrected chi connectivity index (χ0v) is 11.4. The molecule has 0 fully saturated rings. The maximum Gasteiger partial charge on any atom is 0.139 e. The van der Waals surface area contributed by atoms with Crippen molar-refractivity contribution in [2.75, 3.05) is 11.1 Å². The fourth-order valence-corrected chi connectivity index (χ4v) is 1.96. The molecule has 3 N–H and O–H groups in total. The predicted octanol–water partition coefficient (Wildman–Crippen LogP) is 2.82. The lowest BCUT2D eigenvalue weighted by Crippen LogP contribution is -2.05. The van der Waals surface area contributed by atoms with Crippen molar-refractivity contribution in [1.29, 1.82) is 5.26 Å². The first-order chi connectivity index (χ1) is 9.74. The summed E-state index contributed by atoms with van der Waals surface area (Å²) in [7, 11) is 0. The molecule has 0 radical (unpaired) electrons. The van der Waals surface area contributed by atoms with Crippen molar-refractivity contribution < 1.29 is 0 Å². The number of anilines is 3. The van der Waals surface area contributed by atoms with Gasteiger partial charge in [-0.2, -0.15) is 5.26 Å². The van der Waals surface area contributed by atoms with E-state index in [4.69, 9.17) is 11.0 Å². The first-order valence-electron chi connectivity index (χ1n) is 6.57. The van der Waals surface area contributed by atoms with Crippen LogP contribution >= 0.6 is 0 Å². The van der Waals surface area contributed by atoms with Crippen LogP contribution in [0.3, 0.4) is 0 Å². The molecule has 0 aliphatic rings. The van der Waals surface area contributed by atoms with Crippen LogP contribution in [0.25, 0.3) is 0 Å². The summed E-state index contributed by atoms with van der Waals surface area (Å²) >= 11 is 0. The summed E-state index contributed by atoms with van der Waals surface area (Å²) in [5.41, 5.74) is 8.75. The molecule has 5 nitrogen and oxygen atoms in total. The Hall–Kier alpha value is -2.61. The maximum atomic E-state index is 8.65. The molecule has 1 aromatic heterocycles. The fourth-order valence-electron chi connectivity index (χ4n) is 1.96. The van der Waals surface area contributed by atoms with Crippen LogP contribution in [0, 0.1) is 11.3 Å². The molecule has 0 unspecified atom stereocenters. The van der Waals surface area contributed by atoms with Gasteiger partial charge in [0.1, 0.15) is 18.0 Å². The van der Waals surface area contributed by atoms with Gasteiger partial charge in [-0.25, -0.2) is 9.97 Å². The molecule has 5 heteroatoms. The molecule has 0 saturated heterocycles. The minimum absolute atomic E-state index is 0.418. The molecule has 0 aliphatic heterocycles. The minimum Gasteiger partial charge on any atom is -0.383 e. The Morgan fingerprint density at radius 1 is 1.25 bits per heavy atom. The standard InChI is InChI=1S/C15H17N5/c1-2-3-13-14(17)18-10-19-15(13)20-12-6-4-11(5-7-12)8-9-16/h4-7,10H,2-3,8H2,1H3,(H3,17,18,19,20). The number of benzene rings is 1. The molecule has 0 amide bonds. The second-order valence-electron chi connectivity index (χ2n) is 4.49. The summed E-state index contributed by atoms with van der Waals surface area (Å²) in [6.45, 7) is 2.09. The molecule has 102 valence electrons. The third-order valence-electron chi connectivity index (χ3n) is 2.98. The highest BCUT2D eigenvalue weighted by atomic mass is 15.0. The topological polar surface area (TPSA) is 87.6 Å². The Balaban J connectivity index is 2.21. The largest absolute Gasteiger partial charge is 0.383 e. The smallest absolute Gasteiger partial charge is 0.139 e. The summed E-state index contributed by atoms with van der Waals surface area (Å²) < 4.78 is 0. The minimum atomic E-state index is 0.418.